The lowest BCUT2D eigenvalue weighted by Crippen LogP contribution is -2.10. The molecule has 0 aliphatic carbocycles. The highest BCUT2D eigenvalue weighted by Crippen LogP contribution is 2.24. The van der Waals surface area contributed by atoms with Crippen LogP contribution >= 0.6 is 11.6 Å². The number of hydrogen-bond donors (Lipinski definition) is 2. The van der Waals surface area contributed by atoms with Crippen molar-refractivity contribution in [2.24, 2.45) is 0 Å². The number of allylic oxidation sites excluding steroid dienone is 1. The molecule has 3 nitrogen and oxygen atoms in total. The van der Waals surface area contributed by atoms with Crippen LogP contribution in [0.2, 0.25) is 5.02 Å². The van der Waals surface area contributed by atoms with Crippen LogP contribution in [0.4, 0.5) is 0 Å². The zero-order valence-corrected chi connectivity index (χ0v) is 9.61. The molecule has 0 heterocycles. The van der Waals surface area contributed by atoms with E-state index in [1.165, 1.54) is 6.08 Å². The Bertz CT molecular complexity index is 412. The fourth-order valence-corrected chi connectivity index (χ4v) is 1.59. The van der Waals surface area contributed by atoms with Gasteiger partial charge in [-0.25, -0.2) is 4.79 Å². The largest absolute Gasteiger partial charge is 0.478 e. The molecule has 1 unspecified atom stereocenters. The number of carbonyl (C=O) groups is 1. The third kappa shape index (κ3) is 3.08. The van der Waals surface area contributed by atoms with Crippen LogP contribution in [0.5, 0.6) is 0 Å². The third-order valence-corrected chi connectivity index (χ3v) is 2.37. The standard InChI is InChI=1S/C12H13ClO3/c1-2-4-10(12(15)16)11(14)8-5-3-6-9(13)7-8/h3-7,11,14H,2H2,1H3,(H,15,16). The van der Waals surface area contributed by atoms with Gasteiger partial charge in [0.2, 0.25) is 0 Å². The molecule has 16 heavy (non-hydrogen) atoms. The van der Waals surface area contributed by atoms with Gasteiger partial charge in [0.25, 0.3) is 0 Å². The molecule has 1 rings (SSSR count). The van der Waals surface area contributed by atoms with Gasteiger partial charge in [-0.05, 0) is 24.1 Å². The fourth-order valence-electron chi connectivity index (χ4n) is 1.39. The van der Waals surface area contributed by atoms with Gasteiger partial charge in [-0.15, -0.1) is 0 Å². The predicted octanol–water partition coefficient (Wildman–Crippen LogP) is 2.79. The van der Waals surface area contributed by atoms with Crippen LogP contribution in [-0.2, 0) is 4.79 Å². The van der Waals surface area contributed by atoms with E-state index >= 15 is 0 Å². The normalized spacial score (nSPS) is 13.6. The van der Waals surface area contributed by atoms with Crippen LogP contribution in [0, 0.1) is 0 Å². The van der Waals surface area contributed by atoms with Crippen molar-refractivity contribution in [1.82, 2.24) is 0 Å². The zero-order valence-electron chi connectivity index (χ0n) is 8.85. The summed E-state index contributed by atoms with van der Waals surface area (Å²) in [6.45, 7) is 1.81. The maximum absolute atomic E-state index is 10.9. The molecule has 0 fully saturated rings. The van der Waals surface area contributed by atoms with E-state index in [0.29, 0.717) is 17.0 Å². The van der Waals surface area contributed by atoms with Crippen molar-refractivity contribution in [1.29, 1.82) is 0 Å². The zero-order chi connectivity index (χ0) is 12.1. The van der Waals surface area contributed by atoms with Crippen molar-refractivity contribution in [2.75, 3.05) is 0 Å². The number of carboxylic acids is 1. The maximum Gasteiger partial charge on any atom is 0.334 e. The summed E-state index contributed by atoms with van der Waals surface area (Å²) in [6, 6.07) is 6.54. The quantitative estimate of drug-likeness (QED) is 0.796. The monoisotopic (exact) mass is 240 g/mol. The first-order valence-electron chi connectivity index (χ1n) is 4.93. The second kappa shape index (κ2) is 5.68. The third-order valence-electron chi connectivity index (χ3n) is 2.13. The Labute approximate surface area is 99.0 Å². The topological polar surface area (TPSA) is 57.5 Å². The number of halogens is 1. The predicted molar refractivity (Wildman–Crippen MR) is 62.4 cm³/mol. The Balaban J connectivity index is 3.04. The lowest BCUT2D eigenvalue weighted by Gasteiger charge is -2.12. The highest BCUT2D eigenvalue weighted by molar-refractivity contribution is 6.30. The van der Waals surface area contributed by atoms with Crippen LogP contribution in [-0.4, -0.2) is 16.2 Å². The molecule has 0 aliphatic heterocycles. The van der Waals surface area contributed by atoms with E-state index < -0.39 is 12.1 Å². The number of hydrogen-bond acceptors (Lipinski definition) is 2. The number of benzene rings is 1. The van der Waals surface area contributed by atoms with E-state index in [9.17, 15) is 9.90 Å². The van der Waals surface area contributed by atoms with Gasteiger partial charge >= 0.3 is 5.97 Å². The highest BCUT2D eigenvalue weighted by atomic mass is 35.5. The van der Waals surface area contributed by atoms with E-state index in [1.807, 2.05) is 6.92 Å². The molecule has 1 aromatic carbocycles. The molecule has 86 valence electrons. The Hall–Kier alpha value is -1.32. The minimum Gasteiger partial charge on any atom is -0.478 e. The Morgan fingerprint density at radius 3 is 2.75 bits per heavy atom. The van der Waals surface area contributed by atoms with Gasteiger partial charge in [-0.1, -0.05) is 36.7 Å². The lowest BCUT2D eigenvalue weighted by atomic mass is 10.0. The number of rotatable bonds is 4. The Kier molecular flexibility index (Phi) is 4.52. The number of aliphatic hydroxyl groups excluding tert-OH is 1. The molecule has 0 aliphatic rings. The van der Waals surface area contributed by atoms with Gasteiger partial charge in [-0.3, -0.25) is 0 Å². The van der Waals surface area contributed by atoms with E-state index in [1.54, 1.807) is 24.3 Å². The van der Waals surface area contributed by atoms with E-state index in [2.05, 4.69) is 0 Å². The second-order valence-corrected chi connectivity index (χ2v) is 3.77. The van der Waals surface area contributed by atoms with Crippen molar-refractivity contribution in [3.8, 4) is 0 Å². The molecular formula is C12H13ClO3. The number of aliphatic carboxylic acids is 1. The van der Waals surface area contributed by atoms with Crippen molar-refractivity contribution in [3.05, 3.63) is 46.5 Å². The van der Waals surface area contributed by atoms with Gasteiger partial charge < -0.3 is 10.2 Å². The summed E-state index contributed by atoms with van der Waals surface area (Å²) in [5, 5.41) is 19.3. The summed E-state index contributed by atoms with van der Waals surface area (Å²) < 4.78 is 0. The molecule has 0 amide bonds. The average Bonchev–Trinajstić information content (AvgIpc) is 2.24. The highest BCUT2D eigenvalue weighted by Gasteiger charge is 2.19. The first-order valence-corrected chi connectivity index (χ1v) is 5.31. The molecule has 0 saturated carbocycles. The SMILES string of the molecule is CCC=C(C(=O)O)C(O)c1cccc(Cl)c1. The number of carboxylic acid groups (broad SMARTS) is 1. The van der Waals surface area contributed by atoms with Crippen LogP contribution in [0.15, 0.2) is 35.9 Å². The molecule has 2 N–H and O–H groups in total. The van der Waals surface area contributed by atoms with Crippen LogP contribution in [0.3, 0.4) is 0 Å². The summed E-state index contributed by atoms with van der Waals surface area (Å²) in [7, 11) is 0. The molecule has 0 bridgehead atoms. The summed E-state index contributed by atoms with van der Waals surface area (Å²) in [4.78, 5) is 10.9. The van der Waals surface area contributed by atoms with Gasteiger partial charge in [0, 0.05) is 5.02 Å². The molecule has 0 saturated heterocycles. The minimum absolute atomic E-state index is 0.0234. The molecule has 4 heteroatoms. The molecule has 0 spiro atoms. The average molecular weight is 241 g/mol. The Morgan fingerprint density at radius 2 is 2.25 bits per heavy atom. The molecule has 1 aromatic rings. The molecule has 0 radical (unpaired) electrons. The molecule has 1 atom stereocenters. The summed E-state index contributed by atoms with van der Waals surface area (Å²) in [6.07, 6.45) is 0.906. The van der Waals surface area contributed by atoms with E-state index in [-0.39, 0.29) is 5.57 Å². The second-order valence-electron chi connectivity index (χ2n) is 3.33. The first-order chi connectivity index (χ1) is 7.56. The lowest BCUT2D eigenvalue weighted by molar-refractivity contribution is -0.133. The van der Waals surface area contributed by atoms with Crippen LogP contribution in [0.1, 0.15) is 25.0 Å². The van der Waals surface area contributed by atoms with Crippen LogP contribution in [0.25, 0.3) is 0 Å². The van der Waals surface area contributed by atoms with Gasteiger partial charge in [-0.2, -0.15) is 0 Å². The van der Waals surface area contributed by atoms with E-state index in [4.69, 9.17) is 16.7 Å². The molecule has 0 aromatic heterocycles. The van der Waals surface area contributed by atoms with Gasteiger partial charge in [0.15, 0.2) is 0 Å². The van der Waals surface area contributed by atoms with Crippen molar-refractivity contribution in [2.45, 2.75) is 19.4 Å². The summed E-state index contributed by atoms with van der Waals surface area (Å²) in [5.74, 6) is -1.12. The maximum atomic E-state index is 10.9. The Morgan fingerprint density at radius 1 is 1.56 bits per heavy atom. The van der Waals surface area contributed by atoms with Crippen molar-refractivity contribution >= 4 is 17.6 Å². The number of aliphatic hydroxyl groups is 1. The first kappa shape index (κ1) is 12.7. The minimum atomic E-state index is -1.14. The van der Waals surface area contributed by atoms with Crippen molar-refractivity contribution in [3.63, 3.8) is 0 Å². The van der Waals surface area contributed by atoms with Gasteiger partial charge in [0.1, 0.15) is 6.10 Å². The summed E-state index contributed by atoms with van der Waals surface area (Å²) in [5.41, 5.74) is 0.458. The van der Waals surface area contributed by atoms with E-state index in [0.717, 1.165) is 0 Å². The summed E-state index contributed by atoms with van der Waals surface area (Å²) >= 11 is 5.77. The van der Waals surface area contributed by atoms with Crippen molar-refractivity contribution < 1.29 is 15.0 Å². The smallest absolute Gasteiger partial charge is 0.334 e. The fraction of sp³-hybridized carbons (Fsp3) is 0.250. The van der Waals surface area contributed by atoms with Crippen LogP contribution < -0.4 is 0 Å². The van der Waals surface area contributed by atoms with Gasteiger partial charge in [0.05, 0.1) is 5.57 Å². The molecular weight excluding hydrogens is 228 g/mol.